The molecule has 0 saturated carbocycles. The first-order valence-electron chi connectivity index (χ1n) is 5.80. The largest absolute Gasteiger partial charge is 0.396 e. The van der Waals surface area contributed by atoms with Gasteiger partial charge in [0.25, 0.3) is 12.1 Å². The molecule has 1 rings (SSSR count). The van der Waals surface area contributed by atoms with Crippen molar-refractivity contribution >= 4 is 11.4 Å². The standard InChI is InChI=1S/C12H16F2N2O3/c1-7(6-17)8(2)15-11-4-3-9(16(18)19)5-10(11)12(13)14/h3-5,7-8,12,15,17H,6H2,1-2H3. The number of aliphatic hydroxyl groups is 1. The summed E-state index contributed by atoms with van der Waals surface area (Å²) in [4.78, 5) is 9.86. The fourth-order valence-electron chi connectivity index (χ4n) is 1.52. The van der Waals surface area contributed by atoms with E-state index in [-0.39, 0.29) is 29.9 Å². The molecule has 0 spiro atoms. The molecule has 1 aromatic rings. The zero-order valence-corrected chi connectivity index (χ0v) is 10.6. The Bertz CT molecular complexity index is 455. The van der Waals surface area contributed by atoms with Crippen LogP contribution in [0.2, 0.25) is 0 Å². The lowest BCUT2D eigenvalue weighted by atomic mass is 10.0. The molecule has 2 unspecified atom stereocenters. The van der Waals surface area contributed by atoms with Crippen LogP contribution in [-0.4, -0.2) is 22.7 Å². The highest BCUT2D eigenvalue weighted by atomic mass is 19.3. The van der Waals surface area contributed by atoms with E-state index in [1.807, 2.05) is 0 Å². The molecule has 0 heterocycles. The highest BCUT2D eigenvalue weighted by Gasteiger charge is 2.20. The van der Waals surface area contributed by atoms with Crippen LogP contribution >= 0.6 is 0 Å². The molecule has 2 atom stereocenters. The number of hydrogen-bond acceptors (Lipinski definition) is 4. The summed E-state index contributed by atoms with van der Waals surface area (Å²) in [5.74, 6) is -0.124. The van der Waals surface area contributed by atoms with Crippen LogP contribution < -0.4 is 5.32 Å². The van der Waals surface area contributed by atoms with E-state index in [4.69, 9.17) is 5.11 Å². The third kappa shape index (κ3) is 3.85. The Hall–Kier alpha value is -1.76. The zero-order valence-electron chi connectivity index (χ0n) is 10.6. The van der Waals surface area contributed by atoms with Gasteiger partial charge in [-0.05, 0) is 18.9 Å². The maximum absolute atomic E-state index is 12.9. The fraction of sp³-hybridized carbons (Fsp3) is 0.500. The van der Waals surface area contributed by atoms with Crippen LogP contribution in [0.4, 0.5) is 20.2 Å². The minimum atomic E-state index is -2.81. The fourth-order valence-corrected chi connectivity index (χ4v) is 1.52. The lowest BCUT2D eigenvalue weighted by Crippen LogP contribution is -2.26. The predicted octanol–water partition coefficient (Wildman–Crippen LogP) is 2.96. The second-order valence-corrected chi connectivity index (χ2v) is 4.42. The van der Waals surface area contributed by atoms with Crippen LogP contribution in [0.5, 0.6) is 0 Å². The van der Waals surface area contributed by atoms with E-state index < -0.39 is 16.9 Å². The smallest absolute Gasteiger partial charge is 0.270 e. The van der Waals surface area contributed by atoms with Gasteiger partial charge in [-0.15, -0.1) is 0 Å². The Kier molecular flexibility index (Phi) is 5.17. The number of halogens is 2. The number of anilines is 1. The van der Waals surface area contributed by atoms with E-state index in [9.17, 15) is 18.9 Å². The molecule has 0 aliphatic rings. The SMILES string of the molecule is CC(CO)C(C)Nc1ccc([N+](=O)[O-])cc1C(F)F. The molecule has 0 aliphatic carbocycles. The number of alkyl halides is 2. The van der Waals surface area contributed by atoms with Crippen LogP contribution in [0.15, 0.2) is 18.2 Å². The van der Waals surface area contributed by atoms with Crippen LogP contribution in [0.25, 0.3) is 0 Å². The summed E-state index contributed by atoms with van der Waals surface area (Å²) in [6.45, 7) is 3.44. The first kappa shape index (κ1) is 15.3. The number of nitro groups is 1. The van der Waals surface area contributed by atoms with Crippen molar-refractivity contribution in [2.45, 2.75) is 26.3 Å². The molecule has 0 aromatic heterocycles. The topological polar surface area (TPSA) is 75.4 Å². The van der Waals surface area contributed by atoms with E-state index in [0.29, 0.717) is 0 Å². The minimum absolute atomic E-state index is 0.0782. The average Bonchev–Trinajstić information content (AvgIpc) is 2.37. The number of nitro benzene ring substituents is 1. The van der Waals surface area contributed by atoms with E-state index in [1.165, 1.54) is 12.1 Å². The number of rotatable bonds is 6. The Morgan fingerprint density at radius 3 is 2.53 bits per heavy atom. The normalized spacial score (nSPS) is 14.2. The highest BCUT2D eigenvalue weighted by molar-refractivity contribution is 5.57. The Labute approximate surface area is 109 Å². The lowest BCUT2D eigenvalue weighted by Gasteiger charge is -2.22. The molecule has 2 N–H and O–H groups in total. The van der Waals surface area contributed by atoms with Crippen LogP contribution in [0.1, 0.15) is 25.8 Å². The van der Waals surface area contributed by atoms with Gasteiger partial charge in [0.1, 0.15) is 0 Å². The van der Waals surface area contributed by atoms with Gasteiger partial charge in [0.2, 0.25) is 0 Å². The van der Waals surface area contributed by atoms with Crippen molar-refractivity contribution in [2.75, 3.05) is 11.9 Å². The van der Waals surface area contributed by atoms with E-state index in [1.54, 1.807) is 13.8 Å². The second-order valence-electron chi connectivity index (χ2n) is 4.42. The van der Waals surface area contributed by atoms with Crippen LogP contribution in [0, 0.1) is 16.0 Å². The maximum atomic E-state index is 12.9. The van der Waals surface area contributed by atoms with Gasteiger partial charge < -0.3 is 10.4 Å². The van der Waals surface area contributed by atoms with Crippen molar-refractivity contribution in [3.05, 3.63) is 33.9 Å². The number of hydrogen-bond donors (Lipinski definition) is 2. The monoisotopic (exact) mass is 274 g/mol. The van der Waals surface area contributed by atoms with Crippen molar-refractivity contribution in [3.63, 3.8) is 0 Å². The second kappa shape index (κ2) is 6.42. The van der Waals surface area contributed by atoms with Gasteiger partial charge in [0.05, 0.1) is 4.92 Å². The average molecular weight is 274 g/mol. The van der Waals surface area contributed by atoms with Crippen LogP contribution in [0.3, 0.4) is 0 Å². The van der Waals surface area contributed by atoms with Crippen LogP contribution in [-0.2, 0) is 0 Å². The molecule has 0 fully saturated rings. The molecule has 0 radical (unpaired) electrons. The molecular weight excluding hydrogens is 258 g/mol. The Morgan fingerprint density at radius 2 is 2.05 bits per heavy atom. The number of aliphatic hydroxyl groups excluding tert-OH is 1. The Morgan fingerprint density at radius 1 is 1.42 bits per heavy atom. The van der Waals surface area contributed by atoms with Gasteiger partial charge in [0, 0.05) is 36.0 Å². The molecule has 0 aliphatic heterocycles. The van der Waals surface area contributed by atoms with Gasteiger partial charge in [0.15, 0.2) is 0 Å². The summed E-state index contributed by atoms with van der Waals surface area (Å²) in [7, 11) is 0. The summed E-state index contributed by atoms with van der Waals surface area (Å²) < 4.78 is 25.8. The van der Waals surface area contributed by atoms with E-state index in [0.717, 1.165) is 6.07 Å². The van der Waals surface area contributed by atoms with Gasteiger partial charge in [-0.2, -0.15) is 0 Å². The number of benzene rings is 1. The minimum Gasteiger partial charge on any atom is -0.396 e. The van der Waals surface area contributed by atoms with E-state index in [2.05, 4.69) is 5.32 Å². The number of nitrogens with one attached hydrogen (secondary N) is 1. The summed E-state index contributed by atoms with van der Waals surface area (Å²) in [5.41, 5.74) is -0.636. The molecule has 106 valence electrons. The number of non-ortho nitro benzene ring substituents is 1. The maximum Gasteiger partial charge on any atom is 0.270 e. The highest BCUT2D eigenvalue weighted by Crippen LogP contribution is 2.31. The molecule has 7 heteroatoms. The molecule has 1 aromatic carbocycles. The summed E-state index contributed by atoms with van der Waals surface area (Å²) in [6.07, 6.45) is -2.81. The molecule has 5 nitrogen and oxygen atoms in total. The summed E-state index contributed by atoms with van der Waals surface area (Å²) in [5, 5.41) is 22.4. The molecule has 0 saturated heterocycles. The molecule has 0 bridgehead atoms. The van der Waals surface area contributed by atoms with Crippen molar-refractivity contribution in [3.8, 4) is 0 Å². The molecule has 0 amide bonds. The summed E-state index contributed by atoms with van der Waals surface area (Å²) >= 11 is 0. The first-order valence-corrected chi connectivity index (χ1v) is 5.80. The lowest BCUT2D eigenvalue weighted by molar-refractivity contribution is -0.385. The first-order chi connectivity index (χ1) is 8.86. The number of nitrogens with zero attached hydrogens (tertiary/aromatic N) is 1. The van der Waals surface area contributed by atoms with Gasteiger partial charge >= 0.3 is 0 Å². The van der Waals surface area contributed by atoms with Gasteiger partial charge in [-0.25, -0.2) is 8.78 Å². The van der Waals surface area contributed by atoms with Gasteiger partial charge in [-0.3, -0.25) is 10.1 Å². The molecular formula is C12H16F2N2O3. The summed E-state index contributed by atoms with van der Waals surface area (Å²) in [6, 6.07) is 3.07. The van der Waals surface area contributed by atoms with Crippen molar-refractivity contribution in [2.24, 2.45) is 5.92 Å². The third-order valence-corrected chi connectivity index (χ3v) is 3.01. The molecule has 19 heavy (non-hydrogen) atoms. The van der Waals surface area contributed by atoms with Crippen molar-refractivity contribution < 1.29 is 18.8 Å². The quantitative estimate of drug-likeness (QED) is 0.617. The zero-order chi connectivity index (χ0) is 14.6. The predicted molar refractivity (Wildman–Crippen MR) is 67.4 cm³/mol. The third-order valence-electron chi connectivity index (χ3n) is 3.01. The van der Waals surface area contributed by atoms with Crippen molar-refractivity contribution in [1.82, 2.24) is 0 Å². The Balaban J connectivity index is 3.03. The van der Waals surface area contributed by atoms with Gasteiger partial charge in [-0.1, -0.05) is 6.92 Å². The van der Waals surface area contributed by atoms with Crippen molar-refractivity contribution in [1.29, 1.82) is 0 Å². The van der Waals surface area contributed by atoms with E-state index >= 15 is 0 Å².